The van der Waals surface area contributed by atoms with Crippen LogP contribution in [0.1, 0.15) is 44.6 Å². The molecule has 158 valence electrons. The predicted molar refractivity (Wildman–Crippen MR) is 113 cm³/mol. The number of fused-ring (bicyclic) bond motifs is 1. The quantitative estimate of drug-likeness (QED) is 0.683. The van der Waals surface area contributed by atoms with E-state index in [9.17, 15) is 4.79 Å². The van der Waals surface area contributed by atoms with Gasteiger partial charge in [-0.05, 0) is 56.7 Å². The molecule has 3 aromatic rings. The first-order valence-corrected chi connectivity index (χ1v) is 11.0. The molecule has 1 saturated carbocycles. The summed E-state index contributed by atoms with van der Waals surface area (Å²) in [5, 5.41) is 8.16. The highest BCUT2D eigenvalue weighted by atomic mass is 35.5. The van der Waals surface area contributed by atoms with Crippen molar-refractivity contribution in [3.63, 3.8) is 0 Å². The lowest BCUT2D eigenvalue weighted by Crippen LogP contribution is -2.47. The van der Waals surface area contributed by atoms with Crippen LogP contribution in [0.15, 0.2) is 35.3 Å². The lowest BCUT2D eigenvalue weighted by atomic mass is 9.90. The van der Waals surface area contributed by atoms with Gasteiger partial charge in [-0.3, -0.25) is 4.79 Å². The summed E-state index contributed by atoms with van der Waals surface area (Å²) in [6.45, 7) is 1.47. The van der Waals surface area contributed by atoms with Gasteiger partial charge < -0.3 is 14.6 Å². The molecule has 1 unspecified atom stereocenters. The molecule has 1 aliphatic heterocycles. The molecule has 9 heteroatoms. The molecule has 1 aromatic carbocycles. The zero-order valence-electron chi connectivity index (χ0n) is 16.7. The van der Waals surface area contributed by atoms with Gasteiger partial charge in [0.1, 0.15) is 18.2 Å². The maximum Gasteiger partial charge on any atom is 0.298 e. The normalized spacial score (nSPS) is 24.8. The largest absolute Gasteiger partial charge is 0.423 e. The highest BCUT2D eigenvalue weighted by molar-refractivity contribution is 6.31. The number of nitrogens with one attached hydrogen (secondary N) is 1. The average molecular weight is 429 g/mol. The Hall–Kier alpha value is -2.61. The van der Waals surface area contributed by atoms with Gasteiger partial charge in [-0.2, -0.15) is 10.1 Å². The fraction of sp³-hybridized carbons (Fsp3) is 0.524. The first kappa shape index (κ1) is 19.4. The van der Waals surface area contributed by atoms with Crippen molar-refractivity contribution in [2.24, 2.45) is 5.92 Å². The molecular weight excluding hydrogens is 404 g/mol. The van der Waals surface area contributed by atoms with Crippen LogP contribution in [0.3, 0.4) is 0 Å². The third-order valence-corrected chi connectivity index (χ3v) is 6.49. The Balaban J connectivity index is 1.18. The van der Waals surface area contributed by atoms with Crippen LogP contribution >= 0.6 is 11.6 Å². The minimum atomic E-state index is -0.0506. The summed E-state index contributed by atoms with van der Waals surface area (Å²) in [4.78, 5) is 23.6. The Morgan fingerprint density at radius 1 is 1.20 bits per heavy atom. The van der Waals surface area contributed by atoms with E-state index in [4.69, 9.17) is 16.0 Å². The van der Waals surface area contributed by atoms with Crippen molar-refractivity contribution in [3.05, 3.63) is 35.9 Å². The molecule has 0 radical (unpaired) electrons. The van der Waals surface area contributed by atoms with Crippen molar-refractivity contribution in [3.8, 4) is 0 Å². The van der Waals surface area contributed by atoms with E-state index in [1.54, 1.807) is 24.8 Å². The number of piperidine rings is 1. The van der Waals surface area contributed by atoms with Crippen LogP contribution in [-0.2, 0) is 4.79 Å². The van der Waals surface area contributed by atoms with Gasteiger partial charge in [0.05, 0.1) is 12.0 Å². The van der Waals surface area contributed by atoms with Gasteiger partial charge in [-0.25, -0.2) is 9.67 Å². The predicted octanol–water partition coefficient (Wildman–Crippen LogP) is 3.59. The molecule has 5 rings (SSSR count). The first-order valence-electron chi connectivity index (χ1n) is 10.6. The zero-order valence-corrected chi connectivity index (χ0v) is 17.5. The summed E-state index contributed by atoms with van der Waals surface area (Å²) >= 11 is 6.05. The molecule has 2 aromatic heterocycles. The van der Waals surface area contributed by atoms with Crippen molar-refractivity contribution in [2.45, 2.75) is 50.6 Å². The molecule has 1 N–H and O–H groups in total. The number of rotatable bonds is 4. The van der Waals surface area contributed by atoms with Crippen molar-refractivity contribution >= 4 is 34.6 Å². The first-order chi connectivity index (χ1) is 14.7. The van der Waals surface area contributed by atoms with Crippen molar-refractivity contribution in [1.82, 2.24) is 25.1 Å². The molecule has 1 aliphatic carbocycles. The number of oxazole rings is 1. The van der Waals surface area contributed by atoms with Crippen molar-refractivity contribution < 1.29 is 9.21 Å². The number of carbonyl (C=O) groups excluding carboxylic acids is 1. The number of amides is 1. The van der Waals surface area contributed by atoms with Crippen LogP contribution in [0.2, 0.25) is 5.02 Å². The highest BCUT2D eigenvalue weighted by Gasteiger charge is 2.31. The summed E-state index contributed by atoms with van der Waals surface area (Å²) in [6, 6.07) is 6.62. The van der Waals surface area contributed by atoms with E-state index in [1.807, 2.05) is 10.7 Å². The standard InChI is InChI=1S/C21H25ClN6O2/c22-15-3-8-19-18(10-15)26-21(30-19)27-9-1-2-14(11-27)20(29)25-16-4-6-17(7-5-16)28-13-23-12-24-28/h3,8,10,12-14,16-17H,1-2,4-7,9,11H2,(H,25,29). The summed E-state index contributed by atoms with van der Waals surface area (Å²) < 4.78 is 7.83. The molecule has 2 aliphatic rings. The van der Waals surface area contributed by atoms with E-state index in [0.29, 0.717) is 29.2 Å². The molecular formula is C21H25ClN6O2. The molecule has 0 spiro atoms. The van der Waals surface area contributed by atoms with Gasteiger partial charge in [0.25, 0.3) is 6.01 Å². The molecule has 1 amide bonds. The lowest BCUT2D eigenvalue weighted by molar-refractivity contribution is -0.126. The number of hydrogen-bond acceptors (Lipinski definition) is 6. The second-order valence-corrected chi connectivity index (χ2v) is 8.72. The summed E-state index contributed by atoms with van der Waals surface area (Å²) in [6.07, 6.45) is 9.15. The SMILES string of the molecule is O=C(NC1CCC(n2cncn2)CC1)C1CCCN(c2nc3cc(Cl)ccc3o2)C1. The molecule has 2 fully saturated rings. The molecule has 30 heavy (non-hydrogen) atoms. The summed E-state index contributed by atoms with van der Waals surface area (Å²) in [5.74, 6) is 0.0912. The number of aromatic nitrogens is 4. The number of hydrogen-bond donors (Lipinski definition) is 1. The minimum Gasteiger partial charge on any atom is -0.423 e. The van der Waals surface area contributed by atoms with Crippen LogP contribution in [0, 0.1) is 5.92 Å². The Labute approximate surface area is 179 Å². The number of halogens is 1. The van der Waals surface area contributed by atoms with E-state index in [2.05, 4.69) is 25.3 Å². The molecule has 8 nitrogen and oxygen atoms in total. The van der Waals surface area contributed by atoms with Crippen LogP contribution < -0.4 is 10.2 Å². The topological polar surface area (TPSA) is 89.1 Å². The van der Waals surface area contributed by atoms with Gasteiger partial charge in [0.2, 0.25) is 5.91 Å². The Bertz CT molecular complexity index is 1010. The van der Waals surface area contributed by atoms with Gasteiger partial charge in [-0.15, -0.1) is 0 Å². The maximum atomic E-state index is 12.9. The van der Waals surface area contributed by atoms with E-state index < -0.39 is 0 Å². The highest BCUT2D eigenvalue weighted by Crippen LogP contribution is 2.30. The van der Waals surface area contributed by atoms with Crippen LogP contribution in [0.4, 0.5) is 6.01 Å². The fourth-order valence-corrected chi connectivity index (χ4v) is 4.76. The minimum absolute atomic E-state index is 0.0506. The van der Waals surface area contributed by atoms with Gasteiger partial charge in [-0.1, -0.05) is 11.6 Å². The summed E-state index contributed by atoms with van der Waals surface area (Å²) in [5.41, 5.74) is 1.46. The van der Waals surface area contributed by atoms with E-state index in [1.165, 1.54) is 0 Å². The lowest BCUT2D eigenvalue weighted by Gasteiger charge is -2.33. The maximum absolute atomic E-state index is 12.9. The third-order valence-electron chi connectivity index (χ3n) is 6.25. The second kappa shape index (κ2) is 8.26. The Morgan fingerprint density at radius 2 is 2.07 bits per heavy atom. The van der Waals surface area contributed by atoms with E-state index >= 15 is 0 Å². The van der Waals surface area contributed by atoms with Crippen LogP contribution in [0.25, 0.3) is 11.1 Å². The zero-order chi connectivity index (χ0) is 20.5. The average Bonchev–Trinajstić information content (AvgIpc) is 3.44. The van der Waals surface area contributed by atoms with Gasteiger partial charge >= 0.3 is 0 Å². The number of carbonyl (C=O) groups is 1. The van der Waals surface area contributed by atoms with E-state index in [0.717, 1.165) is 50.6 Å². The van der Waals surface area contributed by atoms with Crippen molar-refractivity contribution in [1.29, 1.82) is 0 Å². The molecule has 3 heterocycles. The Morgan fingerprint density at radius 3 is 2.87 bits per heavy atom. The van der Waals surface area contributed by atoms with Crippen LogP contribution in [0.5, 0.6) is 0 Å². The third kappa shape index (κ3) is 4.01. The van der Waals surface area contributed by atoms with Crippen molar-refractivity contribution in [2.75, 3.05) is 18.0 Å². The second-order valence-electron chi connectivity index (χ2n) is 8.28. The van der Waals surface area contributed by atoms with E-state index in [-0.39, 0.29) is 17.9 Å². The number of anilines is 1. The number of nitrogens with zero attached hydrogens (tertiary/aromatic N) is 5. The number of benzene rings is 1. The molecule has 1 atom stereocenters. The Kier molecular flexibility index (Phi) is 5.33. The monoisotopic (exact) mass is 428 g/mol. The van der Waals surface area contributed by atoms with Crippen LogP contribution in [-0.4, -0.2) is 44.8 Å². The molecule has 1 saturated heterocycles. The van der Waals surface area contributed by atoms with Gasteiger partial charge in [0, 0.05) is 24.2 Å². The fourth-order valence-electron chi connectivity index (χ4n) is 4.60. The smallest absolute Gasteiger partial charge is 0.298 e. The van der Waals surface area contributed by atoms with Gasteiger partial charge in [0.15, 0.2) is 5.58 Å². The summed E-state index contributed by atoms with van der Waals surface area (Å²) in [7, 11) is 0. The molecule has 0 bridgehead atoms.